The molecule has 1 amide bonds. The summed E-state index contributed by atoms with van der Waals surface area (Å²) in [5, 5.41) is 7.19. The molecule has 7 nitrogen and oxygen atoms in total. The van der Waals surface area contributed by atoms with E-state index in [4.69, 9.17) is 9.26 Å². The van der Waals surface area contributed by atoms with E-state index in [1.807, 2.05) is 19.9 Å². The number of hydrogen-bond acceptors (Lipinski definition) is 7. The molecule has 1 unspecified atom stereocenters. The number of carbonyl (C=O) groups excluding carboxylic acids is 3. The van der Waals surface area contributed by atoms with Gasteiger partial charge in [-0.2, -0.15) is 0 Å². The van der Waals surface area contributed by atoms with E-state index in [9.17, 15) is 14.4 Å². The third kappa shape index (κ3) is 4.80. The zero-order chi connectivity index (χ0) is 22.9. The number of anilines is 1. The van der Waals surface area contributed by atoms with E-state index >= 15 is 0 Å². The quantitative estimate of drug-likeness (QED) is 0.528. The topological polar surface area (TPSA) is 98.5 Å². The molecule has 0 bridgehead atoms. The lowest BCUT2D eigenvalue weighted by molar-refractivity contribution is -0.114. The fraction of sp³-hybridized carbons (Fsp3) is 0.583. The number of aryl methyl sites for hydroxylation is 1. The number of amides is 1. The van der Waals surface area contributed by atoms with E-state index in [1.54, 1.807) is 6.26 Å². The standard InChI is InChI=1S/C24H30N2O5S/c1-14(2)13-30-23(29)19-18-7-10-24(12-16-4-5-16,9-6-17-8-11-31-26-17)21(28)20(18)32-22(19)25-15(3)27/h8,11,14,16H,4-7,9-10,12-13H2,1-3H3,(H,25,27). The van der Waals surface area contributed by atoms with Gasteiger partial charge in [0.1, 0.15) is 11.3 Å². The Morgan fingerprint density at radius 2 is 2.16 bits per heavy atom. The normalized spacial score (nSPS) is 20.3. The lowest BCUT2D eigenvalue weighted by Crippen LogP contribution is -2.37. The summed E-state index contributed by atoms with van der Waals surface area (Å²) in [6, 6.07) is 1.84. The Hall–Kier alpha value is -2.48. The van der Waals surface area contributed by atoms with Crippen molar-refractivity contribution in [2.75, 3.05) is 11.9 Å². The Morgan fingerprint density at radius 3 is 2.78 bits per heavy atom. The van der Waals surface area contributed by atoms with Gasteiger partial charge in [0.15, 0.2) is 5.78 Å². The van der Waals surface area contributed by atoms with Crippen LogP contribution in [0.2, 0.25) is 0 Å². The third-order valence-electron chi connectivity index (χ3n) is 6.32. The SMILES string of the molecule is CC(=O)Nc1sc2c(c1C(=O)OCC(C)C)CCC(CCc1ccon1)(CC1CC1)C2=O. The maximum atomic E-state index is 13.9. The molecule has 0 spiro atoms. The number of nitrogens with one attached hydrogen (secondary N) is 1. The molecule has 8 heteroatoms. The minimum Gasteiger partial charge on any atom is -0.462 e. The van der Waals surface area contributed by atoms with Crippen LogP contribution in [-0.2, 0) is 22.4 Å². The highest BCUT2D eigenvalue weighted by atomic mass is 32.1. The monoisotopic (exact) mass is 458 g/mol. The highest BCUT2D eigenvalue weighted by Crippen LogP contribution is 2.52. The van der Waals surface area contributed by atoms with Crippen LogP contribution in [0.25, 0.3) is 0 Å². The number of esters is 1. The van der Waals surface area contributed by atoms with Crippen LogP contribution in [-0.4, -0.2) is 29.4 Å². The van der Waals surface area contributed by atoms with Gasteiger partial charge in [0.25, 0.3) is 0 Å². The van der Waals surface area contributed by atoms with Crippen LogP contribution in [0.4, 0.5) is 5.00 Å². The van der Waals surface area contributed by atoms with Crippen molar-refractivity contribution in [3.63, 3.8) is 0 Å². The first-order valence-electron chi connectivity index (χ1n) is 11.3. The number of hydrogen-bond donors (Lipinski definition) is 1. The number of fused-ring (bicyclic) bond motifs is 1. The molecule has 1 atom stereocenters. The van der Waals surface area contributed by atoms with Gasteiger partial charge in [-0.3, -0.25) is 9.59 Å². The first-order chi connectivity index (χ1) is 15.3. The number of carbonyl (C=O) groups is 3. The number of ketones is 1. The predicted octanol–water partition coefficient (Wildman–Crippen LogP) is 5.06. The summed E-state index contributed by atoms with van der Waals surface area (Å²) >= 11 is 1.22. The van der Waals surface area contributed by atoms with E-state index < -0.39 is 11.4 Å². The van der Waals surface area contributed by atoms with Gasteiger partial charge >= 0.3 is 5.97 Å². The highest BCUT2D eigenvalue weighted by Gasteiger charge is 2.48. The number of ether oxygens (including phenoxy) is 1. The number of Topliss-reactive ketones (excluding diaryl/α,β-unsaturated/α-hetero) is 1. The molecule has 172 valence electrons. The second-order valence-corrected chi connectivity index (χ2v) is 10.6. The molecule has 2 heterocycles. The second-order valence-electron chi connectivity index (χ2n) is 9.54. The Bertz CT molecular complexity index is 1010. The van der Waals surface area contributed by atoms with Crippen LogP contribution < -0.4 is 5.32 Å². The van der Waals surface area contributed by atoms with E-state index in [0.29, 0.717) is 53.6 Å². The highest BCUT2D eigenvalue weighted by molar-refractivity contribution is 7.19. The van der Waals surface area contributed by atoms with E-state index in [0.717, 1.165) is 17.7 Å². The van der Waals surface area contributed by atoms with Crippen LogP contribution in [0.15, 0.2) is 16.9 Å². The summed E-state index contributed by atoms with van der Waals surface area (Å²) < 4.78 is 10.4. The van der Waals surface area contributed by atoms with E-state index in [2.05, 4.69) is 10.5 Å². The summed E-state index contributed by atoms with van der Waals surface area (Å²) in [6.45, 7) is 5.63. The Labute approximate surface area is 191 Å². The summed E-state index contributed by atoms with van der Waals surface area (Å²) in [4.78, 5) is 39.2. The molecule has 0 radical (unpaired) electrons. The van der Waals surface area contributed by atoms with Crippen molar-refractivity contribution in [3.05, 3.63) is 34.0 Å². The first-order valence-corrected chi connectivity index (χ1v) is 12.1. The minimum absolute atomic E-state index is 0.0913. The van der Waals surface area contributed by atoms with Gasteiger partial charge in [0, 0.05) is 18.4 Å². The molecule has 0 aliphatic heterocycles. The molecule has 32 heavy (non-hydrogen) atoms. The third-order valence-corrected chi connectivity index (χ3v) is 7.46. The van der Waals surface area contributed by atoms with Gasteiger partial charge < -0.3 is 14.6 Å². The van der Waals surface area contributed by atoms with Crippen LogP contribution in [0, 0.1) is 17.3 Å². The van der Waals surface area contributed by atoms with Gasteiger partial charge in [-0.05, 0) is 49.5 Å². The fourth-order valence-corrected chi connectivity index (χ4v) is 5.87. The molecule has 2 aromatic rings. The molecule has 2 aromatic heterocycles. The molecule has 4 rings (SSSR count). The fourth-order valence-electron chi connectivity index (χ4n) is 4.53. The smallest absolute Gasteiger partial charge is 0.341 e. The van der Waals surface area contributed by atoms with Crippen LogP contribution in [0.1, 0.15) is 84.2 Å². The molecule has 0 aromatic carbocycles. The maximum Gasteiger partial charge on any atom is 0.341 e. The summed E-state index contributed by atoms with van der Waals surface area (Å²) in [5.41, 5.74) is 1.46. The van der Waals surface area contributed by atoms with E-state index in [-0.39, 0.29) is 17.6 Å². The van der Waals surface area contributed by atoms with Gasteiger partial charge in [-0.15, -0.1) is 11.3 Å². The van der Waals surface area contributed by atoms with Crippen LogP contribution in [0.5, 0.6) is 0 Å². The number of nitrogens with zero attached hydrogens (tertiary/aromatic N) is 1. The maximum absolute atomic E-state index is 13.9. The molecular weight excluding hydrogens is 428 g/mol. The van der Waals surface area contributed by atoms with Crippen LogP contribution in [0.3, 0.4) is 0 Å². The average Bonchev–Trinajstić information content (AvgIpc) is 3.24. The zero-order valence-electron chi connectivity index (χ0n) is 18.9. The van der Waals surface area contributed by atoms with Crippen molar-refractivity contribution in [3.8, 4) is 0 Å². The van der Waals surface area contributed by atoms with Gasteiger partial charge in [0.2, 0.25) is 5.91 Å². The van der Waals surface area contributed by atoms with Crippen molar-refractivity contribution in [1.29, 1.82) is 0 Å². The van der Waals surface area contributed by atoms with Gasteiger partial charge in [-0.1, -0.05) is 31.8 Å². The van der Waals surface area contributed by atoms with Crippen molar-refractivity contribution in [2.24, 2.45) is 17.3 Å². The lowest BCUT2D eigenvalue weighted by Gasteiger charge is -2.36. The number of thiophene rings is 1. The largest absolute Gasteiger partial charge is 0.462 e. The van der Waals surface area contributed by atoms with Gasteiger partial charge in [0.05, 0.1) is 22.7 Å². The molecule has 0 saturated heterocycles. The molecule has 1 fully saturated rings. The molecular formula is C24H30N2O5S. The number of rotatable bonds is 9. The van der Waals surface area contributed by atoms with Crippen LogP contribution >= 0.6 is 11.3 Å². The molecule has 2 aliphatic carbocycles. The Balaban J connectivity index is 1.66. The Kier molecular flexibility index (Phi) is 6.51. The van der Waals surface area contributed by atoms with Gasteiger partial charge in [-0.25, -0.2) is 4.79 Å². The average molecular weight is 459 g/mol. The van der Waals surface area contributed by atoms with Crippen molar-refractivity contribution in [2.45, 2.75) is 65.7 Å². The first kappa shape index (κ1) is 22.7. The summed E-state index contributed by atoms with van der Waals surface area (Å²) in [7, 11) is 0. The zero-order valence-corrected chi connectivity index (χ0v) is 19.7. The van der Waals surface area contributed by atoms with E-state index in [1.165, 1.54) is 31.1 Å². The minimum atomic E-state index is -0.468. The Morgan fingerprint density at radius 1 is 1.38 bits per heavy atom. The molecule has 2 aliphatic rings. The second kappa shape index (κ2) is 9.17. The van der Waals surface area contributed by atoms with Crippen molar-refractivity contribution in [1.82, 2.24) is 5.16 Å². The van der Waals surface area contributed by atoms with Crippen molar-refractivity contribution >= 4 is 34.0 Å². The lowest BCUT2D eigenvalue weighted by atomic mass is 9.67. The predicted molar refractivity (Wildman–Crippen MR) is 121 cm³/mol. The summed E-state index contributed by atoms with van der Waals surface area (Å²) in [5.74, 6) is 0.132. The summed E-state index contributed by atoms with van der Waals surface area (Å²) in [6.07, 6.45) is 7.44. The molecule has 1 saturated carbocycles. The number of aromatic nitrogens is 1. The molecule has 1 N–H and O–H groups in total. The van der Waals surface area contributed by atoms with Crippen molar-refractivity contribution < 1.29 is 23.6 Å².